The van der Waals surface area contributed by atoms with Crippen LogP contribution in [0, 0.1) is 0 Å². The number of benzene rings is 2. The number of fused-ring (bicyclic) bond motifs is 1. The van der Waals surface area contributed by atoms with Gasteiger partial charge in [0.15, 0.2) is 0 Å². The Labute approximate surface area is 132 Å². The van der Waals surface area contributed by atoms with Crippen LogP contribution in [0.25, 0.3) is 0 Å². The summed E-state index contributed by atoms with van der Waals surface area (Å²) in [6.07, 6.45) is 1.95. The van der Waals surface area contributed by atoms with Gasteiger partial charge in [-0.05, 0) is 54.8 Å². The molecule has 0 saturated carbocycles. The quantitative estimate of drug-likeness (QED) is 0.821. The van der Waals surface area contributed by atoms with Crippen LogP contribution in [0.5, 0.6) is 5.75 Å². The summed E-state index contributed by atoms with van der Waals surface area (Å²) >= 11 is 3.42. The highest BCUT2D eigenvalue weighted by atomic mass is 79.9. The van der Waals surface area contributed by atoms with Gasteiger partial charge in [-0.1, -0.05) is 22.0 Å². The molecule has 0 aliphatic carbocycles. The van der Waals surface area contributed by atoms with Crippen molar-refractivity contribution in [3.8, 4) is 5.75 Å². The molecule has 0 N–H and O–H groups in total. The fourth-order valence-electron chi connectivity index (χ4n) is 2.69. The molecule has 0 radical (unpaired) electrons. The molecule has 0 spiro atoms. The van der Waals surface area contributed by atoms with Crippen molar-refractivity contribution in [2.75, 3.05) is 18.6 Å². The van der Waals surface area contributed by atoms with Crippen LogP contribution in [-0.4, -0.2) is 19.6 Å². The second-order valence-corrected chi connectivity index (χ2v) is 5.98. The highest BCUT2D eigenvalue weighted by molar-refractivity contribution is 9.10. The lowest BCUT2D eigenvalue weighted by atomic mass is 10.0. The highest BCUT2D eigenvalue weighted by Gasteiger charge is 2.23. The summed E-state index contributed by atoms with van der Waals surface area (Å²) in [6.45, 7) is 0.755. The fraction of sp³-hybridized carbons (Fsp3) is 0.235. The third-order valence-electron chi connectivity index (χ3n) is 3.72. The van der Waals surface area contributed by atoms with E-state index in [0.29, 0.717) is 5.56 Å². The largest absolute Gasteiger partial charge is 0.497 e. The van der Waals surface area contributed by atoms with Gasteiger partial charge in [-0.15, -0.1) is 0 Å². The zero-order chi connectivity index (χ0) is 14.8. The van der Waals surface area contributed by atoms with Crippen molar-refractivity contribution in [1.82, 2.24) is 0 Å². The van der Waals surface area contributed by atoms with Crippen LogP contribution in [0.3, 0.4) is 0 Å². The number of hydrogen-bond donors (Lipinski definition) is 0. The van der Waals surface area contributed by atoms with Crippen LogP contribution < -0.4 is 9.64 Å². The minimum absolute atomic E-state index is 0.0439. The number of aryl methyl sites for hydroxylation is 1. The first-order valence-corrected chi connectivity index (χ1v) is 7.72. The standard InChI is InChI=1S/C17H16BrNO2/c1-21-15-7-8-16-12(11-15)5-3-9-19(16)17(20)13-4-2-6-14(18)10-13/h2,4,6-8,10-11H,3,5,9H2,1H3. The molecular formula is C17H16BrNO2. The Kier molecular flexibility index (Phi) is 3.97. The molecule has 3 nitrogen and oxygen atoms in total. The molecule has 0 fully saturated rings. The molecule has 0 aromatic heterocycles. The fourth-order valence-corrected chi connectivity index (χ4v) is 3.09. The molecule has 4 heteroatoms. The van der Waals surface area contributed by atoms with Crippen molar-refractivity contribution in [2.24, 2.45) is 0 Å². The molecular weight excluding hydrogens is 330 g/mol. The molecule has 0 unspecified atom stereocenters. The smallest absolute Gasteiger partial charge is 0.258 e. The van der Waals surface area contributed by atoms with E-state index in [1.54, 1.807) is 7.11 Å². The summed E-state index contributed by atoms with van der Waals surface area (Å²) in [4.78, 5) is 14.6. The lowest BCUT2D eigenvalue weighted by molar-refractivity contribution is 0.0985. The van der Waals surface area contributed by atoms with Crippen molar-refractivity contribution < 1.29 is 9.53 Å². The average molecular weight is 346 g/mol. The Balaban J connectivity index is 1.96. The number of carbonyl (C=O) groups excluding carboxylic acids is 1. The van der Waals surface area contributed by atoms with E-state index < -0.39 is 0 Å². The van der Waals surface area contributed by atoms with E-state index in [2.05, 4.69) is 15.9 Å². The van der Waals surface area contributed by atoms with E-state index in [4.69, 9.17) is 4.74 Å². The maximum absolute atomic E-state index is 12.7. The number of rotatable bonds is 2. The molecule has 2 aromatic carbocycles. The van der Waals surface area contributed by atoms with Crippen molar-refractivity contribution in [1.29, 1.82) is 0 Å². The Morgan fingerprint density at radius 1 is 1.24 bits per heavy atom. The number of carbonyl (C=O) groups is 1. The first-order chi connectivity index (χ1) is 10.2. The van der Waals surface area contributed by atoms with Gasteiger partial charge < -0.3 is 9.64 Å². The SMILES string of the molecule is COc1ccc2c(c1)CCCN2C(=O)c1cccc(Br)c1. The second kappa shape index (κ2) is 5.90. The van der Waals surface area contributed by atoms with Gasteiger partial charge in [0, 0.05) is 22.3 Å². The summed E-state index contributed by atoms with van der Waals surface area (Å²) < 4.78 is 6.18. The minimum atomic E-state index is 0.0439. The van der Waals surface area contributed by atoms with Crippen LogP contribution in [0.1, 0.15) is 22.3 Å². The molecule has 0 bridgehead atoms. The van der Waals surface area contributed by atoms with Gasteiger partial charge in [0.1, 0.15) is 5.75 Å². The first-order valence-electron chi connectivity index (χ1n) is 6.93. The Morgan fingerprint density at radius 2 is 2.10 bits per heavy atom. The number of ether oxygens (including phenoxy) is 1. The minimum Gasteiger partial charge on any atom is -0.497 e. The Bertz CT molecular complexity index is 684. The molecule has 1 aliphatic rings. The number of hydrogen-bond acceptors (Lipinski definition) is 2. The summed E-state index contributed by atoms with van der Waals surface area (Å²) in [5.74, 6) is 0.882. The van der Waals surface area contributed by atoms with E-state index in [9.17, 15) is 4.79 Å². The molecule has 0 saturated heterocycles. The van der Waals surface area contributed by atoms with Crippen molar-refractivity contribution in [2.45, 2.75) is 12.8 Å². The van der Waals surface area contributed by atoms with E-state index in [0.717, 1.165) is 35.3 Å². The van der Waals surface area contributed by atoms with Gasteiger partial charge in [-0.25, -0.2) is 0 Å². The third kappa shape index (κ3) is 2.81. The van der Waals surface area contributed by atoms with Crippen molar-refractivity contribution >= 4 is 27.5 Å². The molecule has 3 rings (SSSR count). The predicted molar refractivity (Wildman–Crippen MR) is 87.1 cm³/mol. The topological polar surface area (TPSA) is 29.5 Å². The Hall–Kier alpha value is -1.81. The second-order valence-electron chi connectivity index (χ2n) is 5.07. The van der Waals surface area contributed by atoms with Crippen molar-refractivity contribution in [3.63, 3.8) is 0 Å². The normalized spacial score (nSPS) is 13.7. The van der Waals surface area contributed by atoms with Gasteiger partial charge >= 0.3 is 0 Å². The molecule has 1 amide bonds. The maximum Gasteiger partial charge on any atom is 0.258 e. The van der Waals surface area contributed by atoms with Crippen LogP contribution in [0.15, 0.2) is 46.9 Å². The van der Waals surface area contributed by atoms with Crippen LogP contribution in [-0.2, 0) is 6.42 Å². The Morgan fingerprint density at radius 3 is 2.86 bits per heavy atom. The summed E-state index contributed by atoms with van der Waals surface area (Å²) in [5.41, 5.74) is 2.86. The van der Waals surface area contributed by atoms with Crippen LogP contribution in [0.4, 0.5) is 5.69 Å². The predicted octanol–water partition coefficient (Wildman–Crippen LogP) is 4.05. The van der Waals surface area contributed by atoms with Crippen molar-refractivity contribution in [3.05, 3.63) is 58.1 Å². The highest BCUT2D eigenvalue weighted by Crippen LogP contribution is 2.31. The molecule has 1 heterocycles. The van der Waals surface area contributed by atoms with Gasteiger partial charge in [0.05, 0.1) is 7.11 Å². The molecule has 108 valence electrons. The zero-order valence-electron chi connectivity index (χ0n) is 11.8. The van der Waals surface area contributed by atoms with E-state index >= 15 is 0 Å². The summed E-state index contributed by atoms with van der Waals surface area (Å²) in [6, 6.07) is 13.4. The average Bonchev–Trinajstić information content (AvgIpc) is 2.53. The molecule has 0 atom stereocenters. The molecule has 1 aliphatic heterocycles. The maximum atomic E-state index is 12.7. The third-order valence-corrected chi connectivity index (χ3v) is 4.22. The lowest BCUT2D eigenvalue weighted by Crippen LogP contribution is -2.35. The number of nitrogens with zero attached hydrogens (tertiary/aromatic N) is 1. The number of amides is 1. The monoisotopic (exact) mass is 345 g/mol. The molecule has 21 heavy (non-hydrogen) atoms. The van der Waals surface area contributed by atoms with Crippen LogP contribution >= 0.6 is 15.9 Å². The van der Waals surface area contributed by atoms with E-state index in [1.807, 2.05) is 47.4 Å². The number of anilines is 1. The van der Waals surface area contributed by atoms with Gasteiger partial charge in [0.2, 0.25) is 0 Å². The number of methoxy groups -OCH3 is 1. The zero-order valence-corrected chi connectivity index (χ0v) is 13.4. The van der Waals surface area contributed by atoms with Gasteiger partial charge in [0.25, 0.3) is 5.91 Å². The molecule has 2 aromatic rings. The van der Waals surface area contributed by atoms with Crippen LogP contribution in [0.2, 0.25) is 0 Å². The first kappa shape index (κ1) is 14.1. The van der Waals surface area contributed by atoms with Gasteiger partial charge in [-0.3, -0.25) is 4.79 Å². The van der Waals surface area contributed by atoms with E-state index in [-0.39, 0.29) is 5.91 Å². The van der Waals surface area contributed by atoms with Gasteiger partial charge in [-0.2, -0.15) is 0 Å². The number of halogens is 1. The van der Waals surface area contributed by atoms with E-state index in [1.165, 1.54) is 5.56 Å². The summed E-state index contributed by atoms with van der Waals surface area (Å²) in [5, 5.41) is 0. The lowest BCUT2D eigenvalue weighted by Gasteiger charge is -2.30. The summed E-state index contributed by atoms with van der Waals surface area (Å²) in [7, 11) is 1.66.